The minimum Gasteiger partial charge on any atom is -0.376 e. The number of nitrogens with two attached hydrogens (primary N) is 1. The van der Waals surface area contributed by atoms with Gasteiger partial charge in [-0.15, -0.1) is 0 Å². The van der Waals surface area contributed by atoms with E-state index < -0.39 is 11.9 Å². The lowest BCUT2D eigenvalue weighted by atomic mass is 10.00. The molecule has 2 atom stereocenters. The van der Waals surface area contributed by atoms with Gasteiger partial charge in [0.2, 0.25) is 11.8 Å². The fourth-order valence-electron chi connectivity index (χ4n) is 2.46. The first-order chi connectivity index (χ1) is 11.1. The van der Waals surface area contributed by atoms with Gasteiger partial charge >= 0.3 is 0 Å². The monoisotopic (exact) mass is 320 g/mol. The van der Waals surface area contributed by atoms with Crippen LogP contribution in [-0.4, -0.2) is 24.5 Å². The SMILES string of the molecule is CCC[C@@H](COCc1ccccc1)CC(=O)N[C@@H](CC)C(N)=O. The molecule has 0 fully saturated rings. The van der Waals surface area contributed by atoms with Gasteiger partial charge in [0, 0.05) is 6.42 Å². The molecule has 0 aliphatic carbocycles. The second kappa shape index (κ2) is 10.8. The number of amides is 2. The number of primary amides is 1. The third kappa shape index (κ3) is 7.79. The van der Waals surface area contributed by atoms with Gasteiger partial charge in [0.1, 0.15) is 6.04 Å². The third-order valence-electron chi connectivity index (χ3n) is 3.72. The number of carbonyl (C=O) groups excluding carboxylic acids is 2. The molecule has 1 rings (SSSR count). The number of hydrogen-bond acceptors (Lipinski definition) is 3. The van der Waals surface area contributed by atoms with Crippen LogP contribution >= 0.6 is 0 Å². The van der Waals surface area contributed by atoms with Crippen molar-refractivity contribution in [3.63, 3.8) is 0 Å². The Morgan fingerprint density at radius 1 is 1.22 bits per heavy atom. The van der Waals surface area contributed by atoms with Crippen molar-refractivity contribution in [3.8, 4) is 0 Å². The van der Waals surface area contributed by atoms with Crippen LogP contribution in [0.1, 0.15) is 45.1 Å². The average Bonchev–Trinajstić information content (AvgIpc) is 2.53. The van der Waals surface area contributed by atoms with Crippen LogP contribution in [0.3, 0.4) is 0 Å². The summed E-state index contributed by atoms with van der Waals surface area (Å²) in [5.41, 5.74) is 6.37. The van der Waals surface area contributed by atoms with Gasteiger partial charge in [-0.25, -0.2) is 0 Å². The molecule has 0 aliphatic rings. The summed E-state index contributed by atoms with van der Waals surface area (Å²) in [7, 11) is 0. The highest BCUT2D eigenvalue weighted by molar-refractivity contribution is 5.86. The number of nitrogens with one attached hydrogen (secondary N) is 1. The molecule has 0 saturated carbocycles. The first-order valence-corrected chi connectivity index (χ1v) is 8.27. The Balaban J connectivity index is 2.41. The normalized spacial score (nSPS) is 13.3. The standard InChI is InChI=1S/C18H28N2O3/c1-3-8-15(11-17(21)20-16(4-2)18(19)22)13-23-12-14-9-6-5-7-10-14/h5-7,9-10,15-16H,3-4,8,11-13H2,1-2H3,(H2,19,22)(H,20,21)/t15-,16+/m1/s1. The largest absolute Gasteiger partial charge is 0.376 e. The van der Waals surface area contributed by atoms with Crippen molar-refractivity contribution in [3.05, 3.63) is 35.9 Å². The van der Waals surface area contributed by atoms with Crippen LogP contribution in [0.2, 0.25) is 0 Å². The number of rotatable bonds is 11. The van der Waals surface area contributed by atoms with Crippen molar-refractivity contribution in [2.75, 3.05) is 6.61 Å². The molecule has 5 heteroatoms. The van der Waals surface area contributed by atoms with E-state index in [9.17, 15) is 9.59 Å². The average molecular weight is 320 g/mol. The Morgan fingerprint density at radius 3 is 2.48 bits per heavy atom. The second-order valence-electron chi connectivity index (χ2n) is 5.79. The van der Waals surface area contributed by atoms with E-state index in [4.69, 9.17) is 10.5 Å². The molecule has 0 aromatic heterocycles. The van der Waals surface area contributed by atoms with Gasteiger partial charge in [-0.3, -0.25) is 9.59 Å². The quantitative estimate of drug-likeness (QED) is 0.657. The second-order valence-corrected chi connectivity index (χ2v) is 5.79. The molecule has 0 spiro atoms. The third-order valence-corrected chi connectivity index (χ3v) is 3.72. The van der Waals surface area contributed by atoms with Crippen LogP contribution in [0.4, 0.5) is 0 Å². The molecule has 0 saturated heterocycles. The lowest BCUT2D eigenvalue weighted by Crippen LogP contribution is -2.44. The predicted octanol–water partition coefficient (Wildman–Crippen LogP) is 2.39. The highest BCUT2D eigenvalue weighted by atomic mass is 16.5. The van der Waals surface area contributed by atoms with Crippen LogP contribution in [-0.2, 0) is 20.9 Å². The van der Waals surface area contributed by atoms with Crippen molar-refractivity contribution in [1.29, 1.82) is 0 Å². The maximum absolute atomic E-state index is 12.1. The van der Waals surface area contributed by atoms with Crippen molar-refractivity contribution in [1.82, 2.24) is 5.32 Å². The smallest absolute Gasteiger partial charge is 0.239 e. The van der Waals surface area contributed by atoms with Gasteiger partial charge in [-0.1, -0.05) is 50.6 Å². The van der Waals surface area contributed by atoms with E-state index in [0.717, 1.165) is 18.4 Å². The topological polar surface area (TPSA) is 81.4 Å². The molecule has 0 bridgehead atoms. The van der Waals surface area contributed by atoms with Crippen LogP contribution < -0.4 is 11.1 Å². The van der Waals surface area contributed by atoms with Gasteiger partial charge in [-0.05, 0) is 24.3 Å². The van der Waals surface area contributed by atoms with E-state index in [1.54, 1.807) is 0 Å². The minimum atomic E-state index is -0.588. The Bertz CT molecular complexity index is 476. The van der Waals surface area contributed by atoms with E-state index >= 15 is 0 Å². The summed E-state index contributed by atoms with van der Waals surface area (Å²) in [6, 6.07) is 9.36. The predicted molar refractivity (Wildman–Crippen MR) is 90.5 cm³/mol. The van der Waals surface area contributed by atoms with E-state index in [1.807, 2.05) is 37.3 Å². The Hall–Kier alpha value is -1.88. The van der Waals surface area contributed by atoms with Crippen molar-refractivity contribution in [2.45, 2.75) is 52.2 Å². The molecule has 2 amide bonds. The molecule has 3 N–H and O–H groups in total. The van der Waals surface area contributed by atoms with Gasteiger partial charge in [0.05, 0.1) is 13.2 Å². The lowest BCUT2D eigenvalue weighted by Gasteiger charge is -2.18. The Kier molecular flexibility index (Phi) is 8.98. The zero-order chi connectivity index (χ0) is 17.1. The van der Waals surface area contributed by atoms with Gasteiger partial charge in [-0.2, -0.15) is 0 Å². The lowest BCUT2D eigenvalue weighted by molar-refractivity contribution is -0.128. The van der Waals surface area contributed by atoms with Crippen LogP contribution in [0.5, 0.6) is 0 Å². The molecule has 0 aliphatic heterocycles. The summed E-state index contributed by atoms with van der Waals surface area (Å²) < 4.78 is 5.74. The number of ether oxygens (including phenoxy) is 1. The van der Waals surface area contributed by atoms with Gasteiger partial charge < -0.3 is 15.8 Å². The zero-order valence-electron chi connectivity index (χ0n) is 14.1. The molecule has 1 aromatic rings. The molecule has 23 heavy (non-hydrogen) atoms. The van der Waals surface area contributed by atoms with Crippen molar-refractivity contribution >= 4 is 11.8 Å². The van der Waals surface area contributed by atoms with Gasteiger partial charge in [0.15, 0.2) is 0 Å². The Morgan fingerprint density at radius 2 is 1.91 bits per heavy atom. The summed E-state index contributed by atoms with van der Waals surface area (Å²) >= 11 is 0. The highest BCUT2D eigenvalue weighted by Gasteiger charge is 2.19. The molecular weight excluding hydrogens is 292 g/mol. The first-order valence-electron chi connectivity index (χ1n) is 8.27. The van der Waals surface area contributed by atoms with Crippen LogP contribution in [0.25, 0.3) is 0 Å². The fourth-order valence-corrected chi connectivity index (χ4v) is 2.46. The summed E-state index contributed by atoms with van der Waals surface area (Å²) in [4.78, 5) is 23.2. The van der Waals surface area contributed by atoms with E-state index in [1.165, 1.54) is 0 Å². The maximum atomic E-state index is 12.1. The van der Waals surface area contributed by atoms with Gasteiger partial charge in [0.25, 0.3) is 0 Å². The number of carbonyl (C=O) groups is 2. The Labute approximate surface area is 138 Å². The summed E-state index contributed by atoms with van der Waals surface area (Å²) in [5.74, 6) is -0.486. The summed E-state index contributed by atoms with van der Waals surface area (Å²) in [6.45, 7) is 4.98. The molecule has 1 aromatic carbocycles. The van der Waals surface area contributed by atoms with E-state index in [-0.39, 0.29) is 11.8 Å². The number of benzene rings is 1. The molecule has 128 valence electrons. The van der Waals surface area contributed by atoms with E-state index in [0.29, 0.717) is 26.1 Å². The van der Waals surface area contributed by atoms with Crippen molar-refractivity contribution in [2.24, 2.45) is 11.7 Å². The molecule has 5 nitrogen and oxygen atoms in total. The molecule has 0 radical (unpaired) electrons. The van der Waals surface area contributed by atoms with Crippen LogP contribution in [0.15, 0.2) is 30.3 Å². The first kappa shape index (κ1) is 19.2. The molecular formula is C18H28N2O3. The zero-order valence-corrected chi connectivity index (χ0v) is 14.1. The molecule has 0 unspecified atom stereocenters. The fraction of sp³-hybridized carbons (Fsp3) is 0.556. The van der Waals surface area contributed by atoms with E-state index in [2.05, 4.69) is 12.2 Å². The minimum absolute atomic E-state index is 0.141. The van der Waals surface area contributed by atoms with Crippen LogP contribution in [0, 0.1) is 5.92 Å². The van der Waals surface area contributed by atoms with Crippen molar-refractivity contribution < 1.29 is 14.3 Å². The highest BCUT2D eigenvalue weighted by Crippen LogP contribution is 2.13. The maximum Gasteiger partial charge on any atom is 0.239 e. The summed E-state index contributed by atoms with van der Waals surface area (Å²) in [5, 5.41) is 2.69. The summed E-state index contributed by atoms with van der Waals surface area (Å²) in [6.07, 6.45) is 2.76. The molecule has 0 heterocycles. The number of hydrogen-bond donors (Lipinski definition) is 2.